The predicted octanol–water partition coefficient (Wildman–Crippen LogP) is 2.73. The fraction of sp³-hybridized carbons (Fsp3) is 0.346. The number of fused-ring (bicyclic) bond motifs is 1. The number of sulfone groups is 1. The third-order valence-corrected chi connectivity index (χ3v) is 7.65. The van der Waals surface area contributed by atoms with E-state index >= 15 is 0 Å². The van der Waals surface area contributed by atoms with E-state index in [1.807, 2.05) is 13.0 Å². The molecule has 0 bridgehead atoms. The van der Waals surface area contributed by atoms with Gasteiger partial charge in [0.15, 0.2) is 0 Å². The summed E-state index contributed by atoms with van der Waals surface area (Å²) in [4.78, 5) is 10.7. The lowest BCUT2D eigenvalue weighted by molar-refractivity contribution is 0.00183. The number of nitrogens with one attached hydrogen (secondary N) is 1. The highest BCUT2D eigenvalue weighted by atomic mass is 32.2. The van der Waals surface area contributed by atoms with Crippen molar-refractivity contribution in [3.05, 3.63) is 60.6 Å². The molecule has 0 spiro atoms. The Kier molecular flexibility index (Phi) is 7.57. The Labute approximate surface area is 229 Å². The molecule has 3 aromatic heterocycles. The molecule has 0 radical (unpaired) electrons. The summed E-state index contributed by atoms with van der Waals surface area (Å²) < 4.78 is 59.2. The van der Waals surface area contributed by atoms with Crippen molar-refractivity contribution in [2.75, 3.05) is 41.9 Å². The summed E-state index contributed by atoms with van der Waals surface area (Å²) in [6, 6.07) is 6.22. The van der Waals surface area contributed by atoms with Gasteiger partial charge in [-0.2, -0.15) is 9.61 Å². The van der Waals surface area contributed by atoms with Crippen LogP contribution in [0, 0.1) is 17.6 Å². The molecular formula is C26H29F2N7O4S. The number of nitrogens with two attached hydrogens (primary N) is 1. The Balaban J connectivity index is 1.39. The van der Waals surface area contributed by atoms with Crippen LogP contribution in [0.1, 0.15) is 6.92 Å². The van der Waals surface area contributed by atoms with Crippen LogP contribution in [-0.4, -0.2) is 77.0 Å². The highest BCUT2D eigenvalue weighted by Gasteiger charge is 2.34. The van der Waals surface area contributed by atoms with Crippen molar-refractivity contribution in [2.24, 2.45) is 11.7 Å². The molecule has 5 rings (SSSR count). The van der Waals surface area contributed by atoms with E-state index in [2.05, 4.69) is 25.3 Å². The second-order valence-corrected chi connectivity index (χ2v) is 12.2. The average Bonchev–Trinajstić information content (AvgIpc) is 3.26. The Hall–Kier alpha value is -3.88. The number of pyridine rings is 1. The van der Waals surface area contributed by atoms with Gasteiger partial charge in [0, 0.05) is 49.6 Å². The summed E-state index contributed by atoms with van der Waals surface area (Å²) in [5.74, 6) is -2.17. The van der Waals surface area contributed by atoms with Crippen molar-refractivity contribution in [1.29, 1.82) is 0 Å². The number of phenolic OH excluding ortho intramolecular Hbond substituents is 1. The van der Waals surface area contributed by atoms with Gasteiger partial charge < -0.3 is 25.8 Å². The van der Waals surface area contributed by atoms with Gasteiger partial charge in [-0.15, -0.1) is 0 Å². The van der Waals surface area contributed by atoms with Crippen LogP contribution in [0.5, 0.6) is 5.75 Å². The van der Waals surface area contributed by atoms with E-state index in [9.17, 15) is 22.3 Å². The van der Waals surface area contributed by atoms with Gasteiger partial charge in [0.2, 0.25) is 5.95 Å². The van der Waals surface area contributed by atoms with Crippen LogP contribution in [0.2, 0.25) is 0 Å². The minimum Gasteiger partial charge on any atom is -0.508 e. The lowest BCUT2D eigenvalue weighted by Gasteiger charge is -2.42. The highest BCUT2D eigenvalue weighted by molar-refractivity contribution is 7.90. The number of benzene rings is 1. The van der Waals surface area contributed by atoms with Crippen LogP contribution in [0.25, 0.3) is 16.8 Å². The number of phenols is 1. The van der Waals surface area contributed by atoms with Gasteiger partial charge in [-0.1, -0.05) is 6.92 Å². The maximum atomic E-state index is 14.5. The third-order valence-electron chi connectivity index (χ3n) is 6.74. The van der Waals surface area contributed by atoms with Crippen LogP contribution >= 0.6 is 0 Å². The fourth-order valence-electron chi connectivity index (χ4n) is 4.91. The number of ether oxygens (including phenoxy) is 1. The standard InChI is InChI=1S/C26H29F2N7O4S/c1-15-13-34(14-20(29)25(15)39-7-8-40(2,37)38)23-5-6-30-12-22(23)32-26-31-11-16-3-4-21(33-35(16)26)24-18(27)9-17(36)10-19(24)28/h3-6,9-12,15,20,25,36H,7-8,13-14,29H2,1-2H3,(H,31,32)/t15-,20+,25-/m0/s1. The molecule has 14 heteroatoms. The summed E-state index contributed by atoms with van der Waals surface area (Å²) in [5.41, 5.74) is 8.10. The number of aromatic hydroxyl groups is 1. The molecule has 4 heterocycles. The zero-order chi connectivity index (χ0) is 28.6. The van der Waals surface area contributed by atoms with E-state index in [4.69, 9.17) is 10.5 Å². The van der Waals surface area contributed by atoms with Crippen molar-refractivity contribution in [3.63, 3.8) is 0 Å². The number of imidazole rings is 1. The van der Waals surface area contributed by atoms with Crippen LogP contribution in [0.3, 0.4) is 0 Å². The average molecular weight is 574 g/mol. The number of rotatable bonds is 8. The van der Waals surface area contributed by atoms with Gasteiger partial charge in [0.05, 0.1) is 59.0 Å². The highest BCUT2D eigenvalue weighted by Crippen LogP contribution is 2.33. The largest absolute Gasteiger partial charge is 0.508 e. The summed E-state index contributed by atoms with van der Waals surface area (Å²) in [7, 11) is -3.14. The van der Waals surface area contributed by atoms with Crippen molar-refractivity contribution < 1.29 is 27.0 Å². The second-order valence-electron chi connectivity index (χ2n) is 9.95. The Morgan fingerprint density at radius 3 is 2.62 bits per heavy atom. The number of halogens is 2. The molecule has 212 valence electrons. The van der Waals surface area contributed by atoms with E-state index in [0.717, 1.165) is 17.8 Å². The zero-order valence-corrected chi connectivity index (χ0v) is 22.6. The van der Waals surface area contributed by atoms with E-state index in [1.165, 1.54) is 16.8 Å². The zero-order valence-electron chi connectivity index (χ0n) is 21.8. The molecule has 4 aromatic rings. The number of piperidine rings is 1. The number of anilines is 3. The Morgan fingerprint density at radius 2 is 1.93 bits per heavy atom. The molecule has 3 atom stereocenters. The molecule has 0 saturated carbocycles. The quantitative estimate of drug-likeness (QED) is 0.287. The second kappa shape index (κ2) is 10.9. The number of hydrogen-bond donors (Lipinski definition) is 3. The van der Waals surface area contributed by atoms with E-state index in [1.54, 1.807) is 24.7 Å². The van der Waals surface area contributed by atoms with Gasteiger partial charge >= 0.3 is 0 Å². The third kappa shape index (κ3) is 5.83. The maximum Gasteiger partial charge on any atom is 0.229 e. The molecule has 0 aliphatic carbocycles. The lowest BCUT2D eigenvalue weighted by atomic mass is 9.92. The van der Waals surface area contributed by atoms with Crippen molar-refractivity contribution >= 4 is 32.7 Å². The summed E-state index contributed by atoms with van der Waals surface area (Å²) in [6.45, 7) is 3.14. The number of hydrogen-bond acceptors (Lipinski definition) is 10. The van der Waals surface area contributed by atoms with Crippen molar-refractivity contribution in [1.82, 2.24) is 19.6 Å². The van der Waals surface area contributed by atoms with Crippen LogP contribution < -0.4 is 16.0 Å². The normalized spacial score (nSPS) is 19.7. The minimum atomic E-state index is -3.14. The molecule has 1 aliphatic heterocycles. The number of nitrogens with zero attached hydrogens (tertiary/aromatic N) is 5. The molecule has 1 fully saturated rings. The first-order valence-electron chi connectivity index (χ1n) is 12.5. The minimum absolute atomic E-state index is 0.0101. The molecule has 1 aromatic carbocycles. The first-order chi connectivity index (χ1) is 19.0. The predicted molar refractivity (Wildman–Crippen MR) is 146 cm³/mol. The monoisotopic (exact) mass is 573 g/mol. The maximum absolute atomic E-state index is 14.5. The van der Waals surface area contributed by atoms with E-state index in [-0.39, 0.29) is 41.7 Å². The SMILES string of the molecule is C[C@H]1CN(c2ccncc2Nc2ncc3ccc(-c4c(F)cc(O)cc4F)nn23)C[C@@H](N)[C@H]1OCCS(C)(=O)=O. The molecule has 0 unspecified atom stereocenters. The molecule has 40 heavy (non-hydrogen) atoms. The van der Waals surface area contributed by atoms with Crippen molar-refractivity contribution in [3.8, 4) is 17.0 Å². The molecule has 1 saturated heterocycles. The topological polar surface area (TPSA) is 148 Å². The first-order valence-corrected chi connectivity index (χ1v) is 14.6. The Bertz CT molecular complexity index is 1610. The van der Waals surface area contributed by atoms with E-state index < -0.39 is 27.2 Å². The van der Waals surface area contributed by atoms with Crippen LogP contribution in [0.4, 0.5) is 26.1 Å². The number of aromatic nitrogens is 4. The van der Waals surface area contributed by atoms with Gasteiger partial charge in [-0.3, -0.25) is 4.98 Å². The lowest BCUT2D eigenvalue weighted by Crippen LogP contribution is -2.57. The van der Waals surface area contributed by atoms with Gasteiger partial charge in [0.25, 0.3) is 0 Å². The van der Waals surface area contributed by atoms with Gasteiger partial charge in [-0.25, -0.2) is 22.2 Å². The molecule has 11 nitrogen and oxygen atoms in total. The van der Waals surface area contributed by atoms with Gasteiger partial charge in [0.1, 0.15) is 27.2 Å². The smallest absolute Gasteiger partial charge is 0.229 e. The van der Waals surface area contributed by atoms with E-state index in [0.29, 0.717) is 30.2 Å². The molecular weight excluding hydrogens is 544 g/mol. The first kappa shape index (κ1) is 27.7. The summed E-state index contributed by atoms with van der Waals surface area (Å²) in [5, 5.41) is 17.1. The Morgan fingerprint density at radius 1 is 1.18 bits per heavy atom. The van der Waals surface area contributed by atoms with Crippen LogP contribution in [-0.2, 0) is 14.6 Å². The fourth-order valence-corrected chi connectivity index (χ4v) is 5.31. The van der Waals surface area contributed by atoms with Crippen LogP contribution in [0.15, 0.2) is 48.9 Å². The molecule has 4 N–H and O–H groups in total. The van der Waals surface area contributed by atoms with Crippen molar-refractivity contribution in [2.45, 2.75) is 19.1 Å². The summed E-state index contributed by atoms with van der Waals surface area (Å²) in [6.07, 6.45) is 5.72. The summed E-state index contributed by atoms with van der Waals surface area (Å²) >= 11 is 0. The molecule has 1 aliphatic rings. The van der Waals surface area contributed by atoms with Gasteiger partial charge in [-0.05, 0) is 18.2 Å². The molecule has 0 amide bonds.